The van der Waals surface area contributed by atoms with E-state index in [9.17, 15) is 9.59 Å². The molecule has 162 valence electrons. The number of benzene rings is 2. The molecule has 0 saturated carbocycles. The van der Waals surface area contributed by atoms with Crippen molar-refractivity contribution in [2.45, 2.75) is 46.6 Å². The molecule has 2 aromatic carbocycles. The smallest absolute Gasteiger partial charge is 0.251 e. The highest BCUT2D eigenvalue weighted by atomic mass is 16.5. The highest BCUT2D eigenvalue weighted by Crippen LogP contribution is 2.17. The van der Waals surface area contributed by atoms with Gasteiger partial charge >= 0.3 is 0 Å². The van der Waals surface area contributed by atoms with E-state index in [1.807, 2.05) is 44.2 Å². The van der Waals surface area contributed by atoms with Gasteiger partial charge in [0.2, 0.25) is 5.91 Å². The number of rotatable bonds is 11. The maximum absolute atomic E-state index is 12.2. The predicted octanol–water partition coefficient (Wildman–Crippen LogP) is 4.69. The molecule has 0 heterocycles. The van der Waals surface area contributed by atoms with Gasteiger partial charge < -0.3 is 20.7 Å². The van der Waals surface area contributed by atoms with Crippen LogP contribution in [-0.4, -0.2) is 31.0 Å². The summed E-state index contributed by atoms with van der Waals surface area (Å²) >= 11 is 0. The van der Waals surface area contributed by atoms with Crippen molar-refractivity contribution >= 4 is 23.2 Å². The van der Waals surface area contributed by atoms with Crippen LogP contribution >= 0.6 is 0 Å². The van der Waals surface area contributed by atoms with Crippen molar-refractivity contribution in [1.82, 2.24) is 5.32 Å². The Kier molecular flexibility index (Phi) is 9.19. The SMILES string of the molecule is CCC(C)NC(=O)c1cccc(NCC(=O)Nc2ccc(OCCC(C)C)cc2)c1. The molecular weight excluding hydrogens is 378 g/mol. The summed E-state index contributed by atoms with van der Waals surface area (Å²) in [6.07, 6.45) is 1.87. The van der Waals surface area contributed by atoms with Crippen molar-refractivity contribution in [3.63, 3.8) is 0 Å². The van der Waals surface area contributed by atoms with Crippen LogP contribution in [0.5, 0.6) is 5.75 Å². The van der Waals surface area contributed by atoms with Crippen molar-refractivity contribution in [1.29, 1.82) is 0 Å². The van der Waals surface area contributed by atoms with Crippen LogP contribution < -0.4 is 20.7 Å². The van der Waals surface area contributed by atoms with E-state index in [2.05, 4.69) is 29.8 Å². The topological polar surface area (TPSA) is 79.5 Å². The van der Waals surface area contributed by atoms with Crippen LogP contribution in [0.4, 0.5) is 11.4 Å². The van der Waals surface area contributed by atoms with Crippen LogP contribution in [0.2, 0.25) is 0 Å². The van der Waals surface area contributed by atoms with E-state index < -0.39 is 0 Å². The van der Waals surface area contributed by atoms with E-state index in [-0.39, 0.29) is 24.4 Å². The largest absolute Gasteiger partial charge is 0.494 e. The van der Waals surface area contributed by atoms with Gasteiger partial charge in [0.25, 0.3) is 5.91 Å². The lowest BCUT2D eigenvalue weighted by Crippen LogP contribution is -2.31. The van der Waals surface area contributed by atoms with Crippen LogP contribution in [0.15, 0.2) is 48.5 Å². The number of carbonyl (C=O) groups excluding carboxylic acids is 2. The Balaban J connectivity index is 1.82. The quantitative estimate of drug-likeness (QED) is 0.501. The second-order valence-electron chi connectivity index (χ2n) is 7.82. The Bertz CT molecular complexity index is 819. The average molecular weight is 412 g/mol. The molecule has 2 amide bonds. The Morgan fingerprint density at radius 1 is 1.00 bits per heavy atom. The van der Waals surface area contributed by atoms with Crippen LogP contribution in [0.1, 0.15) is 50.9 Å². The molecule has 6 nitrogen and oxygen atoms in total. The zero-order chi connectivity index (χ0) is 21.9. The molecule has 0 aliphatic rings. The van der Waals surface area contributed by atoms with Gasteiger partial charge in [-0.05, 0) is 68.1 Å². The lowest BCUT2D eigenvalue weighted by Gasteiger charge is -2.13. The number of ether oxygens (including phenoxy) is 1. The third kappa shape index (κ3) is 8.15. The van der Waals surface area contributed by atoms with Gasteiger partial charge in [0.05, 0.1) is 13.2 Å². The predicted molar refractivity (Wildman–Crippen MR) is 122 cm³/mol. The van der Waals surface area contributed by atoms with Gasteiger partial charge in [0.15, 0.2) is 0 Å². The molecular formula is C24H33N3O3. The molecule has 0 aliphatic heterocycles. The van der Waals surface area contributed by atoms with Crippen molar-refractivity contribution in [3.8, 4) is 5.75 Å². The normalized spacial score (nSPS) is 11.6. The molecule has 0 aliphatic carbocycles. The van der Waals surface area contributed by atoms with E-state index in [1.54, 1.807) is 18.2 Å². The van der Waals surface area contributed by atoms with E-state index in [0.29, 0.717) is 23.8 Å². The van der Waals surface area contributed by atoms with E-state index in [4.69, 9.17) is 4.74 Å². The molecule has 2 aromatic rings. The van der Waals surface area contributed by atoms with Crippen molar-refractivity contribution in [3.05, 3.63) is 54.1 Å². The molecule has 0 saturated heterocycles. The molecule has 0 radical (unpaired) electrons. The Morgan fingerprint density at radius 3 is 2.40 bits per heavy atom. The molecule has 30 heavy (non-hydrogen) atoms. The molecule has 0 bridgehead atoms. The first kappa shape index (κ1) is 23.3. The van der Waals surface area contributed by atoms with Gasteiger partial charge in [-0.1, -0.05) is 26.8 Å². The van der Waals surface area contributed by atoms with Gasteiger partial charge in [-0.3, -0.25) is 9.59 Å². The zero-order valence-corrected chi connectivity index (χ0v) is 18.3. The fourth-order valence-corrected chi connectivity index (χ4v) is 2.61. The van der Waals surface area contributed by atoms with Gasteiger partial charge in [0.1, 0.15) is 5.75 Å². The van der Waals surface area contributed by atoms with Gasteiger partial charge in [-0.25, -0.2) is 0 Å². The van der Waals surface area contributed by atoms with Gasteiger partial charge in [-0.2, -0.15) is 0 Å². The van der Waals surface area contributed by atoms with Crippen LogP contribution in [0.25, 0.3) is 0 Å². The molecule has 3 N–H and O–H groups in total. The van der Waals surface area contributed by atoms with Gasteiger partial charge in [0, 0.05) is 23.0 Å². The molecule has 0 aromatic heterocycles. The summed E-state index contributed by atoms with van der Waals surface area (Å²) in [5.41, 5.74) is 1.99. The minimum Gasteiger partial charge on any atom is -0.494 e. The Labute approximate surface area is 179 Å². The van der Waals surface area contributed by atoms with Crippen LogP contribution in [0, 0.1) is 5.92 Å². The molecule has 1 unspecified atom stereocenters. The minimum atomic E-state index is -0.169. The number of nitrogens with one attached hydrogen (secondary N) is 3. The second kappa shape index (κ2) is 11.9. The van der Waals surface area contributed by atoms with E-state index in [0.717, 1.165) is 24.3 Å². The molecule has 6 heteroatoms. The lowest BCUT2D eigenvalue weighted by atomic mass is 10.1. The first-order valence-electron chi connectivity index (χ1n) is 10.5. The molecule has 0 spiro atoms. The maximum Gasteiger partial charge on any atom is 0.251 e. The summed E-state index contributed by atoms with van der Waals surface area (Å²) < 4.78 is 5.69. The number of hydrogen-bond donors (Lipinski definition) is 3. The monoisotopic (exact) mass is 411 g/mol. The third-order valence-electron chi connectivity index (χ3n) is 4.67. The fourth-order valence-electron chi connectivity index (χ4n) is 2.61. The van der Waals surface area contributed by atoms with E-state index in [1.165, 1.54) is 0 Å². The summed E-state index contributed by atoms with van der Waals surface area (Å²) in [5.74, 6) is 1.11. The number of carbonyl (C=O) groups is 2. The second-order valence-corrected chi connectivity index (χ2v) is 7.82. The summed E-state index contributed by atoms with van der Waals surface area (Å²) in [4.78, 5) is 24.5. The van der Waals surface area contributed by atoms with Crippen molar-refractivity contribution in [2.24, 2.45) is 5.92 Å². The minimum absolute atomic E-state index is 0.100. The first-order valence-corrected chi connectivity index (χ1v) is 10.5. The number of anilines is 2. The third-order valence-corrected chi connectivity index (χ3v) is 4.67. The zero-order valence-electron chi connectivity index (χ0n) is 18.3. The Hall–Kier alpha value is -3.02. The highest BCUT2D eigenvalue weighted by Gasteiger charge is 2.09. The average Bonchev–Trinajstić information content (AvgIpc) is 2.73. The first-order chi connectivity index (χ1) is 14.4. The summed E-state index contributed by atoms with van der Waals surface area (Å²) in [5, 5.41) is 8.85. The lowest BCUT2D eigenvalue weighted by molar-refractivity contribution is -0.114. The number of amides is 2. The standard InChI is InChI=1S/C24H33N3O3/c1-5-18(4)26-24(29)19-7-6-8-21(15-19)25-16-23(28)27-20-9-11-22(12-10-20)30-14-13-17(2)3/h6-12,15,17-18,25H,5,13-14,16H2,1-4H3,(H,26,29)(H,27,28). The molecule has 2 rings (SSSR count). The summed E-state index contributed by atoms with van der Waals surface area (Å²) in [7, 11) is 0. The number of hydrogen-bond acceptors (Lipinski definition) is 4. The fraction of sp³-hybridized carbons (Fsp3) is 0.417. The van der Waals surface area contributed by atoms with Crippen LogP contribution in [0.3, 0.4) is 0 Å². The Morgan fingerprint density at radius 2 is 1.73 bits per heavy atom. The molecule has 1 atom stereocenters. The summed E-state index contributed by atoms with van der Waals surface area (Å²) in [6, 6.07) is 14.6. The van der Waals surface area contributed by atoms with Crippen molar-refractivity contribution in [2.75, 3.05) is 23.8 Å². The maximum atomic E-state index is 12.2. The van der Waals surface area contributed by atoms with Gasteiger partial charge in [-0.15, -0.1) is 0 Å². The van der Waals surface area contributed by atoms with E-state index >= 15 is 0 Å². The summed E-state index contributed by atoms with van der Waals surface area (Å²) in [6.45, 7) is 9.09. The van der Waals surface area contributed by atoms with Crippen LogP contribution in [-0.2, 0) is 4.79 Å². The highest BCUT2D eigenvalue weighted by molar-refractivity contribution is 5.96. The van der Waals surface area contributed by atoms with Crippen molar-refractivity contribution < 1.29 is 14.3 Å². The molecule has 0 fully saturated rings.